The molecule has 1 N–H and O–H groups in total. The van der Waals surface area contributed by atoms with E-state index in [1.807, 2.05) is 0 Å². The van der Waals surface area contributed by atoms with Gasteiger partial charge in [0, 0.05) is 11.9 Å². The van der Waals surface area contributed by atoms with Gasteiger partial charge in [0.2, 0.25) is 0 Å². The van der Waals surface area contributed by atoms with Crippen molar-refractivity contribution in [2.75, 3.05) is 11.9 Å². The minimum absolute atomic E-state index is 0.116. The Labute approximate surface area is 109 Å². The number of para-hydroxylation sites is 1. The van der Waals surface area contributed by atoms with Crippen molar-refractivity contribution in [2.24, 2.45) is 0 Å². The molecule has 2 rings (SSSR count). The largest absolute Gasteiger partial charge is 0.370 e. The molecule has 0 aliphatic heterocycles. The monoisotopic (exact) mass is 242 g/mol. The standard InChI is InChI=1S/C16H22N2/c1-6-17-15-11(2)10-12-8-7-9-13(14(12)18-15)16(3,4)5/h7-10H,6H2,1-5H3,(H,17,18). The fourth-order valence-electron chi connectivity index (χ4n) is 2.26. The molecule has 0 saturated heterocycles. The zero-order chi connectivity index (χ0) is 13.3. The number of aryl methyl sites for hydroxylation is 1. The number of benzene rings is 1. The van der Waals surface area contributed by atoms with Gasteiger partial charge in [-0.15, -0.1) is 0 Å². The van der Waals surface area contributed by atoms with Crippen LogP contribution in [0.25, 0.3) is 10.9 Å². The average molecular weight is 242 g/mol. The second kappa shape index (κ2) is 4.60. The van der Waals surface area contributed by atoms with E-state index in [4.69, 9.17) is 4.98 Å². The first kappa shape index (κ1) is 12.9. The molecule has 2 heteroatoms. The Bertz CT molecular complexity index is 565. The van der Waals surface area contributed by atoms with Crippen molar-refractivity contribution in [3.63, 3.8) is 0 Å². The summed E-state index contributed by atoms with van der Waals surface area (Å²) in [5.41, 5.74) is 3.74. The van der Waals surface area contributed by atoms with Crippen molar-refractivity contribution in [1.29, 1.82) is 0 Å². The summed E-state index contributed by atoms with van der Waals surface area (Å²) in [7, 11) is 0. The maximum Gasteiger partial charge on any atom is 0.129 e. The van der Waals surface area contributed by atoms with Gasteiger partial charge in [-0.05, 0) is 36.5 Å². The van der Waals surface area contributed by atoms with Gasteiger partial charge in [0.25, 0.3) is 0 Å². The smallest absolute Gasteiger partial charge is 0.129 e. The van der Waals surface area contributed by atoms with E-state index in [1.165, 1.54) is 16.5 Å². The number of pyridine rings is 1. The van der Waals surface area contributed by atoms with Crippen molar-refractivity contribution < 1.29 is 0 Å². The van der Waals surface area contributed by atoms with Gasteiger partial charge >= 0.3 is 0 Å². The first-order chi connectivity index (χ1) is 8.43. The fourth-order valence-corrected chi connectivity index (χ4v) is 2.26. The third-order valence-corrected chi connectivity index (χ3v) is 3.19. The molecule has 0 saturated carbocycles. The number of anilines is 1. The Balaban J connectivity index is 2.71. The van der Waals surface area contributed by atoms with E-state index in [0.717, 1.165) is 17.9 Å². The van der Waals surface area contributed by atoms with Gasteiger partial charge in [0.1, 0.15) is 5.82 Å². The topological polar surface area (TPSA) is 24.9 Å². The maximum atomic E-state index is 4.82. The van der Waals surface area contributed by atoms with Crippen molar-refractivity contribution in [1.82, 2.24) is 4.98 Å². The van der Waals surface area contributed by atoms with E-state index in [9.17, 15) is 0 Å². The molecule has 1 aromatic heterocycles. The van der Waals surface area contributed by atoms with E-state index in [2.05, 4.69) is 64.2 Å². The number of hydrogen-bond acceptors (Lipinski definition) is 2. The predicted molar refractivity (Wildman–Crippen MR) is 79.3 cm³/mol. The van der Waals surface area contributed by atoms with Crippen LogP contribution in [0.1, 0.15) is 38.8 Å². The van der Waals surface area contributed by atoms with E-state index >= 15 is 0 Å². The minimum Gasteiger partial charge on any atom is -0.370 e. The van der Waals surface area contributed by atoms with Crippen LogP contribution in [0.15, 0.2) is 24.3 Å². The summed E-state index contributed by atoms with van der Waals surface area (Å²) in [6, 6.07) is 8.66. The normalized spacial score (nSPS) is 11.8. The molecule has 2 nitrogen and oxygen atoms in total. The van der Waals surface area contributed by atoms with Crippen molar-refractivity contribution in [2.45, 2.75) is 40.0 Å². The highest BCUT2D eigenvalue weighted by Gasteiger charge is 2.18. The Kier molecular flexibility index (Phi) is 3.29. The highest BCUT2D eigenvalue weighted by Crippen LogP contribution is 2.30. The fraction of sp³-hybridized carbons (Fsp3) is 0.438. The molecule has 0 bridgehead atoms. The number of aromatic nitrogens is 1. The quantitative estimate of drug-likeness (QED) is 0.850. The van der Waals surface area contributed by atoms with Crippen molar-refractivity contribution >= 4 is 16.7 Å². The molecule has 0 atom stereocenters. The number of fused-ring (bicyclic) bond motifs is 1. The van der Waals surface area contributed by atoms with Crippen LogP contribution in [-0.4, -0.2) is 11.5 Å². The van der Waals surface area contributed by atoms with Crippen LogP contribution in [0.2, 0.25) is 0 Å². The first-order valence-electron chi connectivity index (χ1n) is 6.58. The highest BCUT2D eigenvalue weighted by molar-refractivity contribution is 5.85. The Morgan fingerprint density at radius 3 is 2.56 bits per heavy atom. The highest BCUT2D eigenvalue weighted by atomic mass is 15.0. The van der Waals surface area contributed by atoms with Crippen LogP contribution >= 0.6 is 0 Å². The van der Waals surface area contributed by atoms with Gasteiger partial charge in [-0.25, -0.2) is 4.98 Å². The van der Waals surface area contributed by atoms with Crippen LogP contribution in [0.4, 0.5) is 5.82 Å². The number of nitrogens with one attached hydrogen (secondary N) is 1. The molecule has 96 valence electrons. The molecular formula is C16H22N2. The summed E-state index contributed by atoms with van der Waals surface area (Å²) in [4.78, 5) is 4.82. The lowest BCUT2D eigenvalue weighted by Gasteiger charge is -2.21. The molecule has 0 aliphatic carbocycles. The maximum absolute atomic E-state index is 4.82. The molecule has 0 fully saturated rings. The van der Waals surface area contributed by atoms with Gasteiger partial charge in [-0.3, -0.25) is 0 Å². The Morgan fingerprint density at radius 2 is 1.94 bits per heavy atom. The second-order valence-electron chi connectivity index (χ2n) is 5.81. The van der Waals surface area contributed by atoms with E-state index < -0.39 is 0 Å². The molecule has 2 aromatic rings. The SMILES string of the molecule is CCNc1nc2c(C(C)(C)C)cccc2cc1C. The summed E-state index contributed by atoms with van der Waals surface area (Å²) in [6.45, 7) is 11.8. The van der Waals surface area contributed by atoms with E-state index in [1.54, 1.807) is 0 Å². The van der Waals surface area contributed by atoms with Crippen LogP contribution in [-0.2, 0) is 5.41 Å². The van der Waals surface area contributed by atoms with E-state index in [0.29, 0.717) is 0 Å². The Hall–Kier alpha value is -1.57. The van der Waals surface area contributed by atoms with Crippen LogP contribution in [0.5, 0.6) is 0 Å². The molecule has 0 spiro atoms. The van der Waals surface area contributed by atoms with Gasteiger partial charge in [0.05, 0.1) is 5.52 Å². The summed E-state index contributed by atoms with van der Waals surface area (Å²) < 4.78 is 0. The molecule has 18 heavy (non-hydrogen) atoms. The van der Waals surface area contributed by atoms with Crippen LogP contribution in [0, 0.1) is 6.92 Å². The molecule has 0 aliphatic rings. The molecule has 1 aromatic carbocycles. The molecule has 1 heterocycles. The zero-order valence-corrected chi connectivity index (χ0v) is 12.0. The summed E-state index contributed by atoms with van der Waals surface area (Å²) in [6.07, 6.45) is 0. The van der Waals surface area contributed by atoms with Gasteiger partial charge in [-0.2, -0.15) is 0 Å². The first-order valence-corrected chi connectivity index (χ1v) is 6.58. The molecule has 0 amide bonds. The predicted octanol–water partition coefficient (Wildman–Crippen LogP) is 4.27. The average Bonchev–Trinajstić information content (AvgIpc) is 2.28. The molecular weight excluding hydrogens is 220 g/mol. The molecule has 0 radical (unpaired) electrons. The van der Waals surface area contributed by atoms with Crippen molar-refractivity contribution in [3.05, 3.63) is 35.4 Å². The number of hydrogen-bond donors (Lipinski definition) is 1. The zero-order valence-electron chi connectivity index (χ0n) is 12.0. The minimum atomic E-state index is 0.116. The lowest BCUT2D eigenvalue weighted by molar-refractivity contribution is 0.594. The molecule has 0 unspecified atom stereocenters. The van der Waals surface area contributed by atoms with Crippen molar-refractivity contribution in [3.8, 4) is 0 Å². The van der Waals surface area contributed by atoms with Crippen LogP contribution < -0.4 is 5.32 Å². The third-order valence-electron chi connectivity index (χ3n) is 3.19. The summed E-state index contributed by atoms with van der Waals surface area (Å²) in [5, 5.41) is 4.56. The van der Waals surface area contributed by atoms with E-state index in [-0.39, 0.29) is 5.41 Å². The number of nitrogens with zero attached hydrogens (tertiary/aromatic N) is 1. The van der Waals surface area contributed by atoms with Gasteiger partial charge in [0.15, 0.2) is 0 Å². The van der Waals surface area contributed by atoms with Crippen LogP contribution in [0.3, 0.4) is 0 Å². The lowest BCUT2D eigenvalue weighted by Crippen LogP contribution is -2.13. The summed E-state index contributed by atoms with van der Waals surface area (Å²) >= 11 is 0. The number of rotatable bonds is 2. The lowest BCUT2D eigenvalue weighted by atomic mass is 9.85. The third kappa shape index (κ3) is 2.33. The van der Waals surface area contributed by atoms with Gasteiger partial charge in [-0.1, -0.05) is 39.0 Å². The van der Waals surface area contributed by atoms with Gasteiger partial charge < -0.3 is 5.32 Å². The Morgan fingerprint density at radius 1 is 1.22 bits per heavy atom. The summed E-state index contributed by atoms with van der Waals surface area (Å²) in [5.74, 6) is 1.00. The second-order valence-corrected chi connectivity index (χ2v) is 5.81.